The van der Waals surface area contributed by atoms with E-state index < -0.39 is 6.04 Å². The quantitative estimate of drug-likeness (QED) is 0.559. The van der Waals surface area contributed by atoms with Crippen molar-refractivity contribution >= 4 is 17.7 Å². The summed E-state index contributed by atoms with van der Waals surface area (Å²) in [5, 5.41) is 5.77. The highest BCUT2D eigenvalue weighted by atomic mass is 16.2. The molecule has 0 spiro atoms. The van der Waals surface area contributed by atoms with Gasteiger partial charge in [-0.2, -0.15) is 0 Å². The van der Waals surface area contributed by atoms with E-state index in [9.17, 15) is 14.4 Å². The number of hydrogen-bond donors (Lipinski definition) is 2. The highest BCUT2D eigenvalue weighted by molar-refractivity contribution is 6.05. The van der Waals surface area contributed by atoms with Crippen molar-refractivity contribution in [3.8, 4) is 0 Å². The van der Waals surface area contributed by atoms with Crippen molar-refractivity contribution in [2.75, 3.05) is 65.4 Å². The number of imide groups is 1. The smallest absolute Gasteiger partial charge is 0.255 e. The Labute approximate surface area is 195 Å². The molecule has 9 nitrogen and oxygen atoms in total. The Morgan fingerprint density at radius 2 is 1.58 bits per heavy atom. The van der Waals surface area contributed by atoms with E-state index in [1.807, 2.05) is 12.1 Å². The van der Waals surface area contributed by atoms with Gasteiger partial charge in [-0.1, -0.05) is 12.1 Å². The first-order valence-corrected chi connectivity index (χ1v) is 12.2. The Kier molecular flexibility index (Phi) is 6.73. The summed E-state index contributed by atoms with van der Waals surface area (Å²) in [7, 11) is 0. The molecular weight excluding hydrogens is 420 g/mol. The molecule has 0 aromatic heterocycles. The van der Waals surface area contributed by atoms with Crippen LogP contribution in [0.2, 0.25) is 0 Å². The molecule has 0 aliphatic carbocycles. The summed E-state index contributed by atoms with van der Waals surface area (Å²) in [4.78, 5) is 45.9. The lowest BCUT2D eigenvalue weighted by atomic mass is 10.0. The molecular formula is C24H34N6O3. The molecule has 178 valence electrons. The summed E-state index contributed by atoms with van der Waals surface area (Å²) in [6.07, 6.45) is 0.680. The molecule has 1 aromatic rings. The first-order valence-electron chi connectivity index (χ1n) is 12.2. The number of rotatable bonds is 6. The van der Waals surface area contributed by atoms with E-state index in [0.717, 1.165) is 83.1 Å². The molecule has 33 heavy (non-hydrogen) atoms. The number of benzene rings is 1. The second-order valence-corrected chi connectivity index (χ2v) is 9.60. The Morgan fingerprint density at radius 3 is 2.30 bits per heavy atom. The molecule has 0 saturated carbocycles. The summed E-state index contributed by atoms with van der Waals surface area (Å²) < 4.78 is 0. The lowest BCUT2D eigenvalue weighted by Crippen LogP contribution is -2.52. The maximum atomic E-state index is 13.0. The average Bonchev–Trinajstić information content (AvgIpc) is 3.15. The van der Waals surface area contributed by atoms with Crippen molar-refractivity contribution in [3.63, 3.8) is 0 Å². The van der Waals surface area contributed by atoms with Crippen LogP contribution in [0.1, 0.15) is 34.3 Å². The van der Waals surface area contributed by atoms with Crippen LogP contribution in [-0.2, 0) is 22.7 Å². The number of hydrogen-bond acceptors (Lipinski definition) is 7. The van der Waals surface area contributed by atoms with Crippen LogP contribution in [0.4, 0.5) is 0 Å². The maximum Gasteiger partial charge on any atom is 0.255 e. The first-order chi connectivity index (χ1) is 16.1. The Bertz CT molecular complexity index is 907. The molecule has 4 aliphatic heterocycles. The fourth-order valence-corrected chi connectivity index (χ4v) is 5.35. The molecule has 0 bridgehead atoms. The third kappa shape index (κ3) is 5.11. The monoisotopic (exact) mass is 454 g/mol. The number of fused-ring (bicyclic) bond motifs is 1. The number of piperazine rings is 2. The fourth-order valence-electron chi connectivity index (χ4n) is 5.35. The van der Waals surface area contributed by atoms with Crippen molar-refractivity contribution in [3.05, 3.63) is 34.9 Å². The van der Waals surface area contributed by atoms with Gasteiger partial charge in [-0.25, -0.2) is 0 Å². The molecule has 1 atom stereocenters. The molecule has 1 unspecified atom stereocenters. The molecule has 3 amide bonds. The van der Waals surface area contributed by atoms with Crippen LogP contribution in [0.5, 0.6) is 0 Å². The summed E-state index contributed by atoms with van der Waals surface area (Å²) in [6.45, 7) is 12.3. The zero-order valence-electron chi connectivity index (χ0n) is 19.2. The lowest BCUT2D eigenvalue weighted by Gasteiger charge is -2.36. The summed E-state index contributed by atoms with van der Waals surface area (Å²) in [6, 6.07) is 5.58. The van der Waals surface area contributed by atoms with Crippen LogP contribution >= 0.6 is 0 Å². The molecule has 5 rings (SSSR count). The van der Waals surface area contributed by atoms with Gasteiger partial charge in [0, 0.05) is 90.5 Å². The topological polar surface area (TPSA) is 88.2 Å². The minimum Gasteiger partial charge on any atom is -0.322 e. The van der Waals surface area contributed by atoms with Crippen molar-refractivity contribution < 1.29 is 14.4 Å². The van der Waals surface area contributed by atoms with Gasteiger partial charge >= 0.3 is 0 Å². The van der Waals surface area contributed by atoms with Gasteiger partial charge < -0.3 is 10.2 Å². The van der Waals surface area contributed by atoms with E-state index in [1.165, 1.54) is 0 Å². The van der Waals surface area contributed by atoms with Gasteiger partial charge in [0.2, 0.25) is 11.8 Å². The number of piperidine rings is 1. The van der Waals surface area contributed by atoms with E-state index in [-0.39, 0.29) is 24.1 Å². The Morgan fingerprint density at radius 1 is 0.879 bits per heavy atom. The van der Waals surface area contributed by atoms with Crippen LogP contribution < -0.4 is 10.6 Å². The lowest BCUT2D eigenvalue weighted by molar-refractivity contribution is -0.136. The maximum absolute atomic E-state index is 13.0. The second kappa shape index (κ2) is 9.89. The number of carbonyl (C=O) groups is 3. The van der Waals surface area contributed by atoms with Crippen LogP contribution in [-0.4, -0.2) is 109 Å². The van der Waals surface area contributed by atoms with Crippen LogP contribution in [0.15, 0.2) is 18.2 Å². The molecule has 9 heteroatoms. The Balaban J connectivity index is 1.12. The molecule has 2 N–H and O–H groups in total. The van der Waals surface area contributed by atoms with Gasteiger partial charge in [0.25, 0.3) is 5.91 Å². The van der Waals surface area contributed by atoms with Crippen molar-refractivity contribution in [1.82, 2.24) is 30.2 Å². The van der Waals surface area contributed by atoms with Gasteiger partial charge in [-0.3, -0.25) is 34.4 Å². The van der Waals surface area contributed by atoms with Crippen molar-refractivity contribution in [1.29, 1.82) is 0 Å². The Hall–Kier alpha value is -2.33. The summed E-state index contributed by atoms with van der Waals surface area (Å²) in [5.41, 5.74) is 2.81. The van der Waals surface area contributed by atoms with Gasteiger partial charge in [0.05, 0.1) is 0 Å². The number of nitrogens with zero attached hydrogens (tertiary/aromatic N) is 4. The van der Waals surface area contributed by atoms with Crippen LogP contribution in [0.25, 0.3) is 0 Å². The fraction of sp³-hybridized carbons (Fsp3) is 0.625. The minimum atomic E-state index is -0.555. The third-order valence-corrected chi connectivity index (χ3v) is 7.41. The average molecular weight is 455 g/mol. The highest BCUT2D eigenvalue weighted by Crippen LogP contribution is 2.28. The number of nitrogens with one attached hydrogen (secondary N) is 2. The van der Waals surface area contributed by atoms with Crippen molar-refractivity contribution in [2.45, 2.75) is 32.0 Å². The SMILES string of the molecule is O=C1CCC(N2Cc3ccc(CN4CCN(CCN5CCNCC5)CC4)cc3C2=O)C(=O)N1. The van der Waals surface area contributed by atoms with E-state index in [2.05, 4.69) is 31.4 Å². The molecule has 3 fully saturated rings. The van der Waals surface area contributed by atoms with Gasteiger partial charge in [0.1, 0.15) is 6.04 Å². The van der Waals surface area contributed by atoms with Gasteiger partial charge in [-0.05, 0) is 23.6 Å². The van der Waals surface area contributed by atoms with Gasteiger partial charge in [0.15, 0.2) is 0 Å². The summed E-state index contributed by atoms with van der Waals surface area (Å²) >= 11 is 0. The third-order valence-electron chi connectivity index (χ3n) is 7.41. The molecule has 3 saturated heterocycles. The van der Waals surface area contributed by atoms with E-state index in [4.69, 9.17) is 0 Å². The van der Waals surface area contributed by atoms with E-state index in [1.54, 1.807) is 4.90 Å². The molecule has 0 radical (unpaired) electrons. The zero-order valence-corrected chi connectivity index (χ0v) is 19.2. The predicted molar refractivity (Wildman–Crippen MR) is 124 cm³/mol. The van der Waals surface area contributed by atoms with Crippen molar-refractivity contribution in [2.24, 2.45) is 0 Å². The summed E-state index contributed by atoms with van der Waals surface area (Å²) in [5.74, 6) is -0.715. The second-order valence-electron chi connectivity index (χ2n) is 9.60. The number of amides is 3. The molecule has 1 aromatic carbocycles. The van der Waals surface area contributed by atoms with E-state index >= 15 is 0 Å². The normalized spacial score (nSPS) is 25.4. The standard InChI is InChI=1S/C24H34N6O3/c31-22-4-3-21(23(32)26-22)30-17-19-2-1-18(15-20(19)24(30)33)16-29-13-11-28(12-14-29)10-9-27-7-5-25-6-8-27/h1-2,15,21,25H,3-14,16-17H2,(H,26,31,32). The van der Waals surface area contributed by atoms with Crippen LogP contribution in [0.3, 0.4) is 0 Å². The zero-order chi connectivity index (χ0) is 22.8. The molecule has 4 aliphatic rings. The largest absolute Gasteiger partial charge is 0.322 e. The minimum absolute atomic E-state index is 0.0981. The number of carbonyl (C=O) groups excluding carboxylic acids is 3. The van der Waals surface area contributed by atoms with E-state index in [0.29, 0.717) is 18.5 Å². The highest BCUT2D eigenvalue weighted by Gasteiger charge is 2.39. The first kappa shape index (κ1) is 22.5. The molecule has 4 heterocycles. The van der Waals surface area contributed by atoms with Crippen LogP contribution in [0, 0.1) is 0 Å². The predicted octanol–water partition coefficient (Wildman–Crippen LogP) is -0.530. The van der Waals surface area contributed by atoms with Gasteiger partial charge in [-0.15, -0.1) is 0 Å².